The smallest absolute Gasteiger partial charge is 0.308 e. The Hall–Kier alpha value is -0.920. The maximum Gasteiger partial charge on any atom is 0.308 e. The SMILES string of the molecule is O=C(O)C1CCCC1NS(=O)(=O)c1cccs1. The third-order valence-corrected chi connectivity index (χ3v) is 5.79. The molecule has 1 aromatic rings. The molecule has 0 amide bonds. The summed E-state index contributed by atoms with van der Waals surface area (Å²) in [5.74, 6) is -1.54. The lowest BCUT2D eigenvalue weighted by molar-refractivity contribution is -0.141. The first-order valence-corrected chi connectivity index (χ1v) is 7.65. The summed E-state index contributed by atoms with van der Waals surface area (Å²) in [5.41, 5.74) is 0. The molecule has 2 unspecified atom stereocenters. The molecule has 0 saturated heterocycles. The number of nitrogens with one attached hydrogen (secondary N) is 1. The predicted molar refractivity (Wildman–Crippen MR) is 63.4 cm³/mol. The fourth-order valence-electron chi connectivity index (χ4n) is 2.07. The predicted octanol–water partition coefficient (Wildman–Crippen LogP) is 1.28. The molecule has 1 fully saturated rings. The monoisotopic (exact) mass is 275 g/mol. The third kappa shape index (κ3) is 2.67. The maximum atomic E-state index is 11.9. The van der Waals surface area contributed by atoms with Gasteiger partial charge in [0, 0.05) is 6.04 Å². The summed E-state index contributed by atoms with van der Waals surface area (Å²) in [7, 11) is -3.56. The van der Waals surface area contributed by atoms with Crippen molar-refractivity contribution >= 4 is 27.3 Å². The van der Waals surface area contributed by atoms with E-state index in [1.807, 2.05) is 0 Å². The van der Waals surface area contributed by atoms with Gasteiger partial charge in [0.15, 0.2) is 0 Å². The van der Waals surface area contributed by atoms with Crippen molar-refractivity contribution in [1.82, 2.24) is 4.72 Å². The van der Waals surface area contributed by atoms with Gasteiger partial charge in [-0.25, -0.2) is 13.1 Å². The molecule has 2 N–H and O–H groups in total. The van der Waals surface area contributed by atoms with Gasteiger partial charge in [-0.05, 0) is 24.3 Å². The Morgan fingerprint density at radius 1 is 1.47 bits per heavy atom. The summed E-state index contributed by atoms with van der Waals surface area (Å²) in [6, 6.07) is 2.68. The van der Waals surface area contributed by atoms with E-state index in [0.29, 0.717) is 12.8 Å². The fourth-order valence-corrected chi connectivity index (χ4v) is 4.39. The average Bonchev–Trinajstić information content (AvgIpc) is 2.85. The second-order valence-corrected chi connectivity index (χ2v) is 6.92. The first-order chi connectivity index (χ1) is 8.00. The van der Waals surface area contributed by atoms with Gasteiger partial charge in [-0.2, -0.15) is 0 Å². The Labute approximate surface area is 104 Å². The zero-order valence-corrected chi connectivity index (χ0v) is 10.6. The van der Waals surface area contributed by atoms with E-state index in [2.05, 4.69) is 4.72 Å². The molecule has 1 aliphatic carbocycles. The molecule has 94 valence electrons. The molecular formula is C10H13NO4S2. The molecule has 2 atom stereocenters. The van der Waals surface area contributed by atoms with Gasteiger partial charge in [-0.1, -0.05) is 12.5 Å². The van der Waals surface area contributed by atoms with Crippen molar-refractivity contribution < 1.29 is 18.3 Å². The minimum absolute atomic E-state index is 0.230. The number of aliphatic carboxylic acids is 1. The summed E-state index contributed by atoms with van der Waals surface area (Å²) >= 11 is 1.12. The van der Waals surface area contributed by atoms with Crippen molar-refractivity contribution in [1.29, 1.82) is 0 Å². The minimum Gasteiger partial charge on any atom is -0.481 e. The quantitative estimate of drug-likeness (QED) is 0.867. The van der Waals surface area contributed by atoms with Crippen LogP contribution in [0.1, 0.15) is 19.3 Å². The van der Waals surface area contributed by atoms with Crippen LogP contribution in [0.15, 0.2) is 21.7 Å². The molecule has 1 heterocycles. The largest absolute Gasteiger partial charge is 0.481 e. The van der Waals surface area contributed by atoms with Gasteiger partial charge in [0.25, 0.3) is 0 Å². The molecule has 5 nitrogen and oxygen atoms in total. The van der Waals surface area contributed by atoms with Crippen LogP contribution in [-0.2, 0) is 14.8 Å². The number of carboxylic acids is 1. The van der Waals surface area contributed by atoms with Crippen LogP contribution in [0.5, 0.6) is 0 Å². The van der Waals surface area contributed by atoms with Gasteiger partial charge in [-0.3, -0.25) is 4.79 Å². The van der Waals surface area contributed by atoms with Gasteiger partial charge in [-0.15, -0.1) is 11.3 Å². The van der Waals surface area contributed by atoms with Crippen LogP contribution in [0, 0.1) is 5.92 Å². The van der Waals surface area contributed by atoms with Gasteiger partial charge >= 0.3 is 5.97 Å². The molecular weight excluding hydrogens is 262 g/mol. The zero-order chi connectivity index (χ0) is 12.5. The van der Waals surface area contributed by atoms with Crippen molar-refractivity contribution in [3.63, 3.8) is 0 Å². The highest BCUT2D eigenvalue weighted by Gasteiger charge is 2.35. The van der Waals surface area contributed by atoms with E-state index in [4.69, 9.17) is 5.11 Å². The summed E-state index contributed by atoms with van der Waals surface area (Å²) in [6.07, 6.45) is 1.86. The van der Waals surface area contributed by atoms with Crippen molar-refractivity contribution in [2.24, 2.45) is 5.92 Å². The van der Waals surface area contributed by atoms with Crippen LogP contribution in [-0.4, -0.2) is 25.5 Å². The van der Waals surface area contributed by atoms with Gasteiger partial charge in [0.05, 0.1) is 5.92 Å². The molecule has 1 saturated carbocycles. The molecule has 0 aliphatic heterocycles. The van der Waals surface area contributed by atoms with Crippen LogP contribution in [0.2, 0.25) is 0 Å². The van der Waals surface area contributed by atoms with Gasteiger partial charge in [0.1, 0.15) is 4.21 Å². The first kappa shape index (κ1) is 12.5. The summed E-state index contributed by atoms with van der Waals surface area (Å²) in [4.78, 5) is 11.0. The van der Waals surface area contributed by atoms with Gasteiger partial charge in [0.2, 0.25) is 10.0 Å². The van der Waals surface area contributed by atoms with E-state index in [0.717, 1.165) is 17.8 Å². The Kier molecular flexibility index (Phi) is 3.50. The van der Waals surface area contributed by atoms with Crippen LogP contribution in [0.3, 0.4) is 0 Å². The Morgan fingerprint density at radius 3 is 2.82 bits per heavy atom. The second-order valence-electron chi connectivity index (χ2n) is 4.04. The normalized spacial score (nSPS) is 24.9. The van der Waals surface area contributed by atoms with Crippen LogP contribution < -0.4 is 4.72 Å². The standard InChI is InChI=1S/C10H13NO4S2/c12-10(13)7-3-1-4-8(7)11-17(14,15)9-5-2-6-16-9/h2,5-8,11H,1,3-4H2,(H,12,13). The Balaban J connectivity index is 2.14. The number of rotatable bonds is 4. The molecule has 1 aliphatic rings. The molecule has 0 aromatic carbocycles. The highest BCUT2D eigenvalue weighted by Crippen LogP contribution is 2.28. The topological polar surface area (TPSA) is 83.5 Å². The molecule has 17 heavy (non-hydrogen) atoms. The van der Waals surface area contributed by atoms with Crippen LogP contribution in [0.25, 0.3) is 0 Å². The van der Waals surface area contributed by atoms with Crippen molar-refractivity contribution in [2.45, 2.75) is 29.5 Å². The van der Waals surface area contributed by atoms with E-state index in [9.17, 15) is 13.2 Å². The van der Waals surface area contributed by atoms with E-state index in [1.165, 1.54) is 6.07 Å². The minimum atomic E-state index is -3.56. The molecule has 0 radical (unpaired) electrons. The summed E-state index contributed by atoms with van der Waals surface area (Å²) < 4.78 is 26.6. The third-order valence-electron chi connectivity index (χ3n) is 2.90. The molecule has 0 bridgehead atoms. The second kappa shape index (κ2) is 4.75. The zero-order valence-electron chi connectivity index (χ0n) is 9.00. The lowest BCUT2D eigenvalue weighted by atomic mass is 10.1. The fraction of sp³-hybridized carbons (Fsp3) is 0.500. The molecule has 1 aromatic heterocycles. The van der Waals surface area contributed by atoms with E-state index in [1.54, 1.807) is 11.4 Å². The highest BCUT2D eigenvalue weighted by atomic mass is 32.2. The molecule has 2 rings (SSSR count). The summed E-state index contributed by atoms with van der Waals surface area (Å²) in [5, 5.41) is 10.7. The lowest BCUT2D eigenvalue weighted by Crippen LogP contribution is -2.39. The number of hydrogen-bond acceptors (Lipinski definition) is 4. The van der Waals surface area contributed by atoms with Crippen LogP contribution >= 0.6 is 11.3 Å². The lowest BCUT2D eigenvalue weighted by Gasteiger charge is -2.16. The summed E-state index contributed by atoms with van der Waals surface area (Å²) in [6.45, 7) is 0. The van der Waals surface area contributed by atoms with Crippen molar-refractivity contribution in [2.75, 3.05) is 0 Å². The maximum absolute atomic E-state index is 11.9. The Bertz CT molecular complexity index is 494. The number of thiophene rings is 1. The molecule has 7 heteroatoms. The number of hydrogen-bond donors (Lipinski definition) is 2. The van der Waals surface area contributed by atoms with E-state index < -0.39 is 28.0 Å². The van der Waals surface area contributed by atoms with E-state index >= 15 is 0 Å². The number of sulfonamides is 1. The van der Waals surface area contributed by atoms with Crippen molar-refractivity contribution in [3.05, 3.63) is 17.5 Å². The molecule has 0 spiro atoms. The first-order valence-electron chi connectivity index (χ1n) is 5.29. The Morgan fingerprint density at radius 2 is 2.24 bits per heavy atom. The van der Waals surface area contributed by atoms with E-state index in [-0.39, 0.29) is 4.21 Å². The van der Waals surface area contributed by atoms with Crippen LogP contribution in [0.4, 0.5) is 0 Å². The number of carboxylic acid groups (broad SMARTS) is 1. The average molecular weight is 275 g/mol. The van der Waals surface area contributed by atoms with Crippen molar-refractivity contribution in [3.8, 4) is 0 Å². The highest BCUT2D eigenvalue weighted by molar-refractivity contribution is 7.91. The number of carbonyl (C=O) groups is 1. The van der Waals surface area contributed by atoms with Gasteiger partial charge < -0.3 is 5.11 Å².